The van der Waals surface area contributed by atoms with E-state index in [1.807, 2.05) is 60.3 Å². The van der Waals surface area contributed by atoms with Crippen LogP contribution >= 0.6 is 22.9 Å². The van der Waals surface area contributed by atoms with Crippen LogP contribution in [0.3, 0.4) is 0 Å². The summed E-state index contributed by atoms with van der Waals surface area (Å²) in [5.74, 6) is -0.0998. The van der Waals surface area contributed by atoms with Gasteiger partial charge in [-0.3, -0.25) is 9.48 Å². The Labute approximate surface area is 143 Å². The molecule has 2 aromatic heterocycles. The summed E-state index contributed by atoms with van der Waals surface area (Å²) in [5, 5.41) is 10.1. The molecule has 0 bridgehead atoms. The molecular formula is C17H16ClN3OS. The van der Waals surface area contributed by atoms with Crippen molar-refractivity contribution in [2.45, 2.75) is 20.4 Å². The largest absolute Gasteiger partial charge is 0.318 e. The van der Waals surface area contributed by atoms with Crippen LogP contribution < -0.4 is 5.32 Å². The molecule has 0 aliphatic carbocycles. The molecular weight excluding hydrogens is 330 g/mol. The molecule has 3 aromatic rings. The van der Waals surface area contributed by atoms with Crippen molar-refractivity contribution in [2.75, 3.05) is 5.32 Å². The lowest BCUT2D eigenvalue weighted by molar-refractivity contribution is 0.103. The number of nitrogens with zero attached hydrogens (tertiary/aromatic N) is 2. The van der Waals surface area contributed by atoms with Gasteiger partial charge in [-0.2, -0.15) is 5.10 Å². The van der Waals surface area contributed by atoms with Gasteiger partial charge < -0.3 is 5.32 Å². The van der Waals surface area contributed by atoms with E-state index >= 15 is 0 Å². The summed E-state index contributed by atoms with van der Waals surface area (Å²) in [7, 11) is 0. The maximum absolute atomic E-state index is 12.2. The Morgan fingerprint density at radius 2 is 2.00 bits per heavy atom. The molecule has 0 fully saturated rings. The van der Waals surface area contributed by atoms with Crippen molar-refractivity contribution in [3.05, 3.63) is 68.6 Å². The van der Waals surface area contributed by atoms with Crippen molar-refractivity contribution in [3.8, 4) is 0 Å². The van der Waals surface area contributed by atoms with Crippen molar-refractivity contribution in [3.63, 3.8) is 0 Å². The molecule has 0 aliphatic heterocycles. The third-order valence-corrected chi connectivity index (χ3v) is 4.73. The first-order valence-electron chi connectivity index (χ1n) is 7.18. The number of nitrogens with one attached hydrogen (secondary N) is 1. The molecule has 0 saturated heterocycles. The molecule has 0 saturated carbocycles. The van der Waals surface area contributed by atoms with Gasteiger partial charge in [0.1, 0.15) is 0 Å². The van der Waals surface area contributed by atoms with E-state index < -0.39 is 0 Å². The molecule has 118 valence electrons. The van der Waals surface area contributed by atoms with Crippen molar-refractivity contribution in [1.29, 1.82) is 0 Å². The van der Waals surface area contributed by atoms with Gasteiger partial charge in [0.05, 0.1) is 28.5 Å². The van der Waals surface area contributed by atoms with Crippen LogP contribution in [0.1, 0.15) is 26.6 Å². The van der Waals surface area contributed by atoms with Crippen molar-refractivity contribution in [1.82, 2.24) is 9.78 Å². The number of carbonyl (C=O) groups is 1. The molecule has 4 nitrogen and oxygen atoms in total. The van der Waals surface area contributed by atoms with E-state index in [2.05, 4.69) is 10.4 Å². The van der Waals surface area contributed by atoms with Gasteiger partial charge in [-0.05, 0) is 43.0 Å². The van der Waals surface area contributed by atoms with Crippen molar-refractivity contribution >= 4 is 34.5 Å². The Bertz CT molecular complexity index is 822. The summed E-state index contributed by atoms with van der Waals surface area (Å²) in [6.45, 7) is 4.49. The minimum absolute atomic E-state index is 0.0998. The fourth-order valence-electron chi connectivity index (χ4n) is 2.38. The maximum atomic E-state index is 12.2. The molecule has 6 heteroatoms. The highest BCUT2D eigenvalue weighted by molar-refractivity contribution is 7.12. The molecule has 0 atom stereocenters. The van der Waals surface area contributed by atoms with E-state index in [1.165, 1.54) is 11.3 Å². The number of halogens is 1. The fourth-order valence-corrected chi connectivity index (χ4v) is 3.12. The van der Waals surface area contributed by atoms with Crippen molar-refractivity contribution in [2.24, 2.45) is 0 Å². The highest BCUT2D eigenvalue weighted by Crippen LogP contribution is 2.22. The van der Waals surface area contributed by atoms with Gasteiger partial charge in [-0.15, -0.1) is 11.3 Å². The SMILES string of the molecule is Cc1nn(Cc2ccc(Cl)cc2)c(C)c1NC(=O)c1cccs1. The first kappa shape index (κ1) is 15.8. The lowest BCUT2D eigenvalue weighted by Gasteiger charge is -2.07. The van der Waals surface area contributed by atoms with Gasteiger partial charge in [0.25, 0.3) is 5.91 Å². The van der Waals surface area contributed by atoms with E-state index in [9.17, 15) is 4.79 Å². The Morgan fingerprint density at radius 3 is 2.65 bits per heavy atom. The Kier molecular flexibility index (Phi) is 4.50. The molecule has 3 rings (SSSR count). The number of carbonyl (C=O) groups excluding carboxylic acids is 1. The standard InChI is InChI=1S/C17H16ClN3OS/c1-11-16(19-17(22)15-4-3-9-23-15)12(2)21(20-11)10-13-5-7-14(18)8-6-13/h3-9H,10H2,1-2H3,(H,19,22). The summed E-state index contributed by atoms with van der Waals surface area (Å²) in [6, 6.07) is 11.3. The van der Waals surface area contributed by atoms with Crippen LogP contribution in [0.4, 0.5) is 5.69 Å². The normalized spacial score (nSPS) is 10.7. The summed E-state index contributed by atoms with van der Waals surface area (Å²) >= 11 is 7.33. The monoisotopic (exact) mass is 345 g/mol. The number of anilines is 1. The van der Waals surface area contributed by atoms with Gasteiger partial charge in [0, 0.05) is 5.02 Å². The lowest BCUT2D eigenvalue weighted by atomic mass is 10.2. The van der Waals surface area contributed by atoms with Crippen LogP contribution in [0, 0.1) is 13.8 Å². The number of hydrogen-bond acceptors (Lipinski definition) is 3. The molecule has 0 radical (unpaired) electrons. The summed E-state index contributed by atoms with van der Waals surface area (Å²) in [4.78, 5) is 12.9. The van der Waals surface area contributed by atoms with Crippen LogP contribution in [-0.2, 0) is 6.54 Å². The molecule has 0 spiro atoms. The fraction of sp³-hybridized carbons (Fsp3) is 0.176. The van der Waals surface area contributed by atoms with Gasteiger partial charge in [0.2, 0.25) is 0 Å². The zero-order valence-electron chi connectivity index (χ0n) is 12.8. The Balaban J connectivity index is 1.81. The number of aromatic nitrogens is 2. The maximum Gasteiger partial charge on any atom is 0.265 e. The molecule has 1 aromatic carbocycles. The second-order valence-corrected chi connectivity index (χ2v) is 6.65. The van der Waals surface area contributed by atoms with Gasteiger partial charge in [-0.1, -0.05) is 29.8 Å². The van der Waals surface area contributed by atoms with E-state index in [-0.39, 0.29) is 5.91 Å². The second kappa shape index (κ2) is 6.56. The number of aryl methyl sites for hydroxylation is 1. The van der Waals surface area contributed by atoms with E-state index in [1.54, 1.807) is 0 Å². The first-order valence-corrected chi connectivity index (χ1v) is 8.43. The number of benzene rings is 1. The van der Waals surface area contributed by atoms with Gasteiger partial charge in [-0.25, -0.2) is 0 Å². The minimum atomic E-state index is -0.0998. The van der Waals surface area contributed by atoms with Gasteiger partial charge in [0.15, 0.2) is 0 Å². The summed E-state index contributed by atoms with van der Waals surface area (Å²) in [6.07, 6.45) is 0. The van der Waals surface area contributed by atoms with E-state index in [4.69, 9.17) is 11.6 Å². The average Bonchev–Trinajstić information content (AvgIpc) is 3.14. The molecule has 2 heterocycles. The Morgan fingerprint density at radius 1 is 1.26 bits per heavy atom. The van der Waals surface area contributed by atoms with E-state index in [0.29, 0.717) is 16.4 Å². The lowest BCUT2D eigenvalue weighted by Crippen LogP contribution is -2.12. The van der Waals surface area contributed by atoms with Crippen LogP contribution in [0.5, 0.6) is 0 Å². The molecule has 23 heavy (non-hydrogen) atoms. The smallest absolute Gasteiger partial charge is 0.265 e. The van der Waals surface area contributed by atoms with E-state index in [0.717, 1.165) is 22.6 Å². The minimum Gasteiger partial charge on any atom is -0.318 e. The topological polar surface area (TPSA) is 46.9 Å². The third kappa shape index (κ3) is 3.46. The Hall–Kier alpha value is -2.11. The first-order chi connectivity index (χ1) is 11.0. The molecule has 1 N–H and O–H groups in total. The summed E-state index contributed by atoms with van der Waals surface area (Å²) < 4.78 is 1.89. The molecule has 1 amide bonds. The van der Waals surface area contributed by atoms with Crippen molar-refractivity contribution < 1.29 is 4.79 Å². The predicted molar refractivity (Wildman–Crippen MR) is 94.5 cm³/mol. The van der Waals surface area contributed by atoms with Crippen LogP contribution in [-0.4, -0.2) is 15.7 Å². The van der Waals surface area contributed by atoms with Crippen LogP contribution in [0.15, 0.2) is 41.8 Å². The zero-order valence-corrected chi connectivity index (χ0v) is 14.4. The number of amides is 1. The number of thiophene rings is 1. The predicted octanol–water partition coefficient (Wildman–Crippen LogP) is 4.52. The number of rotatable bonds is 4. The van der Waals surface area contributed by atoms with Crippen LogP contribution in [0.2, 0.25) is 5.02 Å². The molecule has 0 unspecified atom stereocenters. The third-order valence-electron chi connectivity index (χ3n) is 3.61. The zero-order chi connectivity index (χ0) is 16.4. The van der Waals surface area contributed by atoms with Gasteiger partial charge >= 0.3 is 0 Å². The highest BCUT2D eigenvalue weighted by Gasteiger charge is 2.15. The average molecular weight is 346 g/mol. The number of hydrogen-bond donors (Lipinski definition) is 1. The van der Waals surface area contributed by atoms with Crippen LogP contribution in [0.25, 0.3) is 0 Å². The second-order valence-electron chi connectivity index (χ2n) is 5.26. The highest BCUT2D eigenvalue weighted by atomic mass is 35.5. The summed E-state index contributed by atoms with van der Waals surface area (Å²) in [5.41, 5.74) is 3.62. The molecule has 0 aliphatic rings. The quantitative estimate of drug-likeness (QED) is 0.756.